The minimum absolute atomic E-state index is 0.297. The molecule has 0 spiro atoms. The number of rotatable bonds is 4. The van der Waals surface area contributed by atoms with Crippen molar-refractivity contribution < 1.29 is 14.3 Å². The molecule has 0 radical (unpaired) electrons. The van der Waals surface area contributed by atoms with E-state index >= 15 is 0 Å². The molecular weight excluding hydrogens is 276 g/mol. The molecule has 0 unspecified atom stereocenters. The minimum Gasteiger partial charge on any atom is -0.456 e. The van der Waals surface area contributed by atoms with E-state index in [1.165, 1.54) is 23.8 Å². The number of aromatic nitrogens is 1. The fourth-order valence-corrected chi connectivity index (χ4v) is 2.25. The van der Waals surface area contributed by atoms with Crippen LogP contribution in [0.2, 0.25) is 0 Å². The molecule has 0 bridgehead atoms. The fraction of sp³-hybridized carbons (Fsp3) is 0.214. The van der Waals surface area contributed by atoms with Gasteiger partial charge in [0.1, 0.15) is 0 Å². The van der Waals surface area contributed by atoms with E-state index in [1.54, 1.807) is 0 Å². The molecule has 0 fully saturated rings. The monoisotopic (exact) mass is 290 g/mol. The summed E-state index contributed by atoms with van der Waals surface area (Å²) < 4.78 is 4.61. The molecule has 0 atom stereocenters. The molecule has 1 heterocycles. The molecule has 0 aliphatic carbocycles. The van der Waals surface area contributed by atoms with Crippen molar-refractivity contribution in [1.29, 1.82) is 0 Å². The molecule has 0 aliphatic rings. The first-order chi connectivity index (χ1) is 9.54. The average Bonchev–Trinajstić information content (AvgIpc) is 2.85. The summed E-state index contributed by atoms with van der Waals surface area (Å²) >= 11 is 1.33. The van der Waals surface area contributed by atoms with Crippen molar-refractivity contribution in [3.63, 3.8) is 0 Å². The number of carbonyl (C=O) groups is 2. The number of anilines is 1. The predicted molar refractivity (Wildman–Crippen MR) is 77.5 cm³/mol. The molecule has 0 saturated carbocycles. The summed E-state index contributed by atoms with van der Waals surface area (Å²) in [5.41, 5.74) is 2.98. The van der Waals surface area contributed by atoms with Gasteiger partial charge in [0.2, 0.25) is 0 Å². The number of hydrogen-bond donors (Lipinski definition) is 1. The second-order valence-corrected chi connectivity index (χ2v) is 5.09. The first-order valence-electron chi connectivity index (χ1n) is 6.00. The maximum atomic E-state index is 11.5. The van der Waals surface area contributed by atoms with E-state index in [1.807, 2.05) is 36.6 Å². The van der Waals surface area contributed by atoms with Gasteiger partial charge in [-0.15, -0.1) is 11.3 Å². The number of aryl methyl sites for hydroxylation is 1. The molecule has 20 heavy (non-hydrogen) atoms. The Morgan fingerprint density at radius 1 is 1.30 bits per heavy atom. The van der Waals surface area contributed by atoms with Crippen LogP contribution in [-0.4, -0.2) is 23.5 Å². The van der Waals surface area contributed by atoms with Crippen LogP contribution < -0.4 is 5.32 Å². The third-order valence-corrected chi connectivity index (χ3v) is 3.26. The van der Waals surface area contributed by atoms with Gasteiger partial charge in [-0.1, -0.05) is 29.8 Å². The van der Waals surface area contributed by atoms with Gasteiger partial charge < -0.3 is 4.74 Å². The number of nitrogens with zero attached hydrogens (tertiary/aromatic N) is 1. The van der Waals surface area contributed by atoms with E-state index in [4.69, 9.17) is 0 Å². The van der Waals surface area contributed by atoms with Crippen molar-refractivity contribution in [1.82, 2.24) is 4.98 Å². The van der Waals surface area contributed by atoms with E-state index < -0.39 is 11.9 Å². The van der Waals surface area contributed by atoms with Crippen LogP contribution in [-0.2, 0) is 14.3 Å². The van der Waals surface area contributed by atoms with Crippen LogP contribution >= 0.6 is 11.3 Å². The van der Waals surface area contributed by atoms with Crippen LogP contribution in [0.1, 0.15) is 12.5 Å². The summed E-state index contributed by atoms with van der Waals surface area (Å²) in [6, 6.07) is 7.98. The zero-order valence-electron chi connectivity index (χ0n) is 11.2. The zero-order chi connectivity index (χ0) is 14.5. The van der Waals surface area contributed by atoms with Crippen LogP contribution in [0.25, 0.3) is 11.3 Å². The molecule has 104 valence electrons. The fourth-order valence-electron chi connectivity index (χ4n) is 1.51. The molecule has 0 saturated heterocycles. The normalized spacial score (nSPS) is 10.1. The van der Waals surface area contributed by atoms with Gasteiger partial charge in [-0.3, -0.25) is 14.9 Å². The Morgan fingerprint density at radius 2 is 2.00 bits per heavy atom. The topological polar surface area (TPSA) is 68.3 Å². The summed E-state index contributed by atoms with van der Waals surface area (Å²) in [6.45, 7) is 2.98. The van der Waals surface area contributed by atoms with Crippen LogP contribution in [0.15, 0.2) is 29.6 Å². The number of carbonyl (C=O) groups excluding carboxylic acids is 2. The largest absolute Gasteiger partial charge is 0.456 e. The van der Waals surface area contributed by atoms with Gasteiger partial charge in [0.15, 0.2) is 11.7 Å². The summed E-state index contributed by atoms with van der Waals surface area (Å²) in [5, 5.41) is 4.94. The minimum atomic E-state index is -0.486. The average molecular weight is 290 g/mol. The second-order valence-electron chi connectivity index (χ2n) is 4.23. The van der Waals surface area contributed by atoms with Gasteiger partial charge in [0, 0.05) is 17.9 Å². The summed E-state index contributed by atoms with van der Waals surface area (Å²) in [4.78, 5) is 26.4. The number of hydrogen-bond acceptors (Lipinski definition) is 5. The quantitative estimate of drug-likeness (QED) is 0.879. The molecule has 6 heteroatoms. The summed E-state index contributed by atoms with van der Waals surface area (Å²) in [6.07, 6.45) is 0. The zero-order valence-corrected chi connectivity index (χ0v) is 12.0. The Hall–Kier alpha value is -2.21. The van der Waals surface area contributed by atoms with E-state index in [0.717, 1.165) is 11.3 Å². The Morgan fingerprint density at radius 3 is 2.65 bits per heavy atom. The predicted octanol–water partition coefficient (Wildman–Crippen LogP) is 2.62. The highest BCUT2D eigenvalue weighted by Crippen LogP contribution is 2.24. The molecule has 5 nitrogen and oxygen atoms in total. The van der Waals surface area contributed by atoms with Crippen LogP contribution in [0.4, 0.5) is 5.13 Å². The number of thiazole rings is 1. The lowest BCUT2D eigenvalue weighted by molar-refractivity contribution is -0.144. The Bertz CT molecular complexity index is 620. The first kappa shape index (κ1) is 14.2. The van der Waals surface area contributed by atoms with E-state index in [2.05, 4.69) is 15.0 Å². The van der Waals surface area contributed by atoms with Gasteiger partial charge in [-0.2, -0.15) is 0 Å². The molecule has 0 aliphatic heterocycles. The summed E-state index contributed by atoms with van der Waals surface area (Å²) in [5.74, 6) is -0.885. The van der Waals surface area contributed by atoms with Crippen molar-refractivity contribution in [3.05, 3.63) is 35.2 Å². The number of amides is 1. The number of nitrogens with one attached hydrogen (secondary N) is 1. The molecule has 1 N–H and O–H groups in total. The molecule has 1 aromatic carbocycles. The molecule has 1 aromatic heterocycles. The highest BCUT2D eigenvalue weighted by Gasteiger charge is 2.09. The first-order valence-corrected chi connectivity index (χ1v) is 6.88. The lowest BCUT2D eigenvalue weighted by Crippen LogP contribution is -2.19. The van der Waals surface area contributed by atoms with Crippen molar-refractivity contribution >= 4 is 28.3 Å². The van der Waals surface area contributed by atoms with Crippen molar-refractivity contribution in [3.8, 4) is 11.3 Å². The third-order valence-electron chi connectivity index (χ3n) is 2.50. The maximum Gasteiger partial charge on any atom is 0.303 e. The van der Waals surface area contributed by atoms with Gasteiger partial charge in [0.05, 0.1) is 5.69 Å². The Labute approximate surface area is 120 Å². The number of benzene rings is 1. The highest BCUT2D eigenvalue weighted by atomic mass is 32.1. The molecular formula is C14H14N2O3S. The van der Waals surface area contributed by atoms with E-state index in [0.29, 0.717) is 5.13 Å². The Kier molecular flexibility index (Phi) is 4.47. The Balaban J connectivity index is 2.00. The second kappa shape index (κ2) is 6.29. The van der Waals surface area contributed by atoms with Crippen molar-refractivity contribution in [2.45, 2.75) is 13.8 Å². The molecule has 1 amide bonds. The van der Waals surface area contributed by atoms with Crippen LogP contribution in [0.5, 0.6) is 0 Å². The number of ether oxygens (including phenoxy) is 1. The lowest BCUT2D eigenvalue weighted by Gasteiger charge is -2.01. The lowest BCUT2D eigenvalue weighted by atomic mass is 10.1. The van der Waals surface area contributed by atoms with Gasteiger partial charge >= 0.3 is 5.97 Å². The number of esters is 1. The van der Waals surface area contributed by atoms with Crippen molar-refractivity contribution in [2.75, 3.05) is 11.9 Å². The van der Waals surface area contributed by atoms with E-state index in [-0.39, 0.29) is 6.61 Å². The van der Waals surface area contributed by atoms with Crippen LogP contribution in [0.3, 0.4) is 0 Å². The highest BCUT2D eigenvalue weighted by molar-refractivity contribution is 7.14. The van der Waals surface area contributed by atoms with Crippen molar-refractivity contribution in [2.24, 2.45) is 0 Å². The SMILES string of the molecule is CC(=O)OCC(=O)Nc1nc(-c2ccc(C)cc2)cs1. The third kappa shape index (κ3) is 3.89. The van der Waals surface area contributed by atoms with Gasteiger partial charge in [-0.25, -0.2) is 4.98 Å². The standard InChI is InChI=1S/C14H14N2O3S/c1-9-3-5-11(6-4-9)12-8-20-14(15-12)16-13(18)7-19-10(2)17/h3-6,8H,7H2,1-2H3,(H,15,16,18). The summed E-state index contributed by atoms with van der Waals surface area (Å²) in [7, 11) is 0. The molecule has 2 rings (SSSR count). The van der Waals surface area contributed by atoms with Gasteiger partial charge in [-0.05, 0) is 6.92 Å². The van der Waals surface area contributed by atoms with Gasteiger partial charge in [0.25, 0.3) is 5.91 Å². The van der Waals surface area contributed by atoms with Crippen LogP contribution in [0, 0.1) is 6.92 Å². The van der Waals surface area contributed by atoms with E-state index in [9.17, 15) is 9.59 Å². The maximum absolute atomic E-state index is 11.5. The molecule has 2 aromatic rings. The smallest absolute Gasteiger partial charge is 0.303 e.